The number of carbonyl (C=O) groups is 1. The third-order valence-electron chi connectivity index (χ3n) is 0.907. The number of carboxylic acid groups (broad SMARTS) is 1. The van der Waals surface area contributed by atoms with Gasteiger partial charge in [-0.3, -0.25) is 4.79 Å². The van der Waals surface area contributed by atoms with E-state index in [9.17, 15) is 4.79 Å². The molecule has 0 fully saturated rings. The Kier molecular flexibility index (Phi) is 2.24. The van der Waals surface area contributed by atoms with Crippen molar-refractivity contribution < 1.29 is 9.90 Å². The summed E-state index contributed by atoms with van der Waals surface area (Å²) in [7, 11) is 0. The van der Waals surface area contributed by atoms with Gasteiger partial charge in [-0.05, 0) is 11.5 Å². The molecule has 0 saturated carbocycles. The van der Waals surface area contributed by atoms with Gasteiger partial charge < -0.3 is 5.11 Å². The van der Waals surface area contributed by atoms with E-state index in [4.69, 9.17) is 16.7 Å². The minimum Gasteiger partial charge on any atom is -0.481 e. The molecule has 1 rings (SSSR count). The average Bonchev–Trinajstić information content (AvgIpc) is 2.15. The smallest absolute Gasteiger partial charge is 0.308 e. The van der Waals surface area contributed by atoms with Gasteiger partial charge in [0.2, 0.25) is 0 Å². The van der Waals surface area contributed by atoms with Crippen LogP contribution in [0.3, 0.4) is 0 Å². The van der Waals surface area contributed by atoms with E-state index >= 15 is 0 Å². The second kappa shape index (κ2) is 2.98. The molecule has 0 aliphatic heterocycles. The molecule has 1 aromatic rings. The maximum atomic E-state index is 10.1. The minimum atomic E-state index is -0.883. The van der Waals surface area contributed by atoms with E-state index in [-0.39, 0.29) is 6.42 Å². The first kappa shape index (κ1) is 7.50. The zero-order valence-electron chi connectivity index (χ0n) is 4.87. The van der Waals surface area contributed by atoms with Gasteiger partial charge in [-0.25, -0.2) is 0 Å². The Morgan fingerprint density at radius 3 is 3.00 bits per heavy atom. The molecule has 1 N–H and O–H groups in total. The predicted octanol–water partition coefficient (Wildman–Crippen LogP) is 1.42. The minimum absolute atomic E-state index is 0.0382. The Labute approximate surface area is 66.4 Å². The topological polar surface area (TPSA) is 50.2 Å². The van der Waals surface area contributed by atoms with Gasteiger partial charge in [-0.1, -0.05) is 11.6 Å². The van der Waals surface area contributed by atoms with Crippen molar-refractivity contribution in [3.8, 4) is 0 Å². The Bertz CT molecular complexity index is 248. The van der Waals surface area contributed by atoms with Crippen molar-refractivity contribution in [1.29, 1.82) is 0 Å². The van der Waals surface area contributed by atoms with Gasteiger partial charge in [0, 0.05) is 0 Å². The summed E-state index contributed by atoms with van der Waals surface area (Å²) < 4.78 is 3.72. The quantitative estimate of drug-likeness (QED) is 0.744. The summed E-state index contributed by atoms with van der Waals surface area (Å²) in [6.07, 6.45) is 1.41. The highest BCUT2D eigenvalue weighted by Gasteiger charge is 2.06. The van der Waals surface area contributed by atoms with Gasteiger partial charge in [0.15, 0.2) is 0 Å². The first-order valence-electron chi connectivity index (χ1n) is 2.51. The number of halogens is 1. The lowest BCUT2D eigenvalue weighted by molar-refractivity contribution is -0.136. The molecule has 0 aliphatic carbocycles. The van der Waals surface area contributed by atoms with E-state index in [2.05, 4.69) is 4.37 Å². The van der Waals surface area contributed by atoms with Crippen molar-refractivity contribution in [2.75, 3.05) is 0 Å². The fourth-order valence-corrected chi connectivity index (χ4v) is 1.40. The average molecular weight is 178 g/mol. The molecular weight excluding hydrogens is 174 g/mol. The van der Waals surface area contributed by atoms with E-state index in [1.54, 1.807) is 0 Å². The molecular formula is C5H4ClNO2S. The van der Waals surface area contributed by atoms with Crippen LogP contribution < -0.4 is 0 Å². The maximum Gasteiger partial charge on any atom is 0.308 e. The highest BCUT2D eigenvalue weighted by Crippen LogP contribution is 2.19. The van der Waals surface area contributed by atoms with Crippen LogP contribution in [-0.4, -0.2) is 15.4 Å². The lowest BCUT2D eigenvalue weighted by Gasteiger charge is -1.87. The number of carboxylic acids is 1. The molecule has 0 bridgehead atoms. The Hall–Kier alpha value is -0.610. The molecule has 54 valence electrons. The third kappa shape index (κ3) is 1.68. The fourth-order valence-electron chi connectivity index (χ4n) is 0.506. The first-order valence-corrected chi connectivity index (χ1v) is 3.66. The summed E-state index contributed by atoms with van der Waals surface area (Å²) >= 11 is 6.68. The van der Waals surface area contributed by atoms with E-state index < -0.39 is 5.97 Å². The first-order chi connectivity index (χ1) is 4.70. The van der Waals surface area contributed by atoms with Crippen LogP contribution in [0.5, 0.6) is 0 Å². The van der Waals surface area contributed by atoms with Crippen LogP contribution >= 0.6 is 23.1 Å². The monoisotopic (exact) mass is 177 g/mol. The van der Waals surface area contributed by atoms with E-state index in [0.717, 1.165) is 11.5 Å². The number of aromatic nitrogens is 1. The molecule has 3 nitrogen and oxygen atoms in total. The van der Waals surface area contributed by atoms with Gasteiger partial charge in [0.1, 0.15) is 0 Å². The number of nitrogens with zero attached hydrogens (tertiary/aromatic N) is 1. The highest BCUT2D eigenvalue weighted by molar-refractivity contribution is 7.06. The van der Waals surface area contributed by atoms with Crippen molar-refractivity contribution in [1.82, 2.24) is 4.37 Å². The number of hydrogen-bond donors (Lipinski definition) is 1. The molecule has 1 heterocycles. The summed E-state index contributed by atoms with van der Waals surface area (Å²) in [4.78, 5) is 10.7. The third-order valence-corrected chi connectivity index (χ3v) is 2.14. The summed E-state index contributed by atoms with van der Waals surface area (Å²) in [5, 5.41) is 8.77. The largest absolute Gasteiger partial charge is 0.481 e. The highest BCUT2D eigenvalue weighted by atomic mass is 35.5. The van der Waals surface area contributed by atoms with Crippen LogP contribution in [0.15, 0.2) is 6.20 Å². The Morgan fingerprint density at radius 1 is 1.90 bits per heavy atom. The molecule has 0 aliphatic rings. The van der Waals surface area contributed by atoms with Crippen molar-refractivity contribution in [3.63, 3.8) is 0 Å². The normalized spacial score (nSPS) is 9.70. The standard InChI is InChI=1S/C5H4ClNO2S/c6-3-2-7-10-4(3)1-5(8)9/h2H,1H2,(H,8,9). The summed E-state index contributed by atoms with van der Waals surface area (Å²) in [6, 6.07) is 0. The second-order valence-corrected chi connectivity index (χ2v) is 2.96. The summed E-state index contributed by atoms with van der Waals surface area (Å²) in [6.45, 7) is 0. The van der Waals surface area contributed by atoms with Crippen molar-refractivity contribution >= 4 is 29.1 Å². The summed E-state index contributed by atoms with van der Waals surface area (Å²) in [5.74, 6) is -0.883. The molecule has 0 saturated heterocycles. The van der Waals surface area contributed by atoms with Crippen molar-refractivity contribution in [2.45, 2.75) is 6.42 Å². The van der Waals surface area contributed by atoms with E-state index in [1.807, 2.05) is 0 Å². The van der Waals surface area contributed by atoms with Crippen molar-refractivity contribution in [3.05, 3.63) is 16.1 Å². The zero-order valence-corrected chi connectivity index (χ0v) is 6.45. The lowest BCUT2D eigenvalue weighted by atomic mass is 10.4. The van der Waals surface area contributed by atoms with Gasteiger partial charge in [-0.2, -0.15) is 4.37 Å². The molecule has 0 radical (unpaired) electrons. The van der Waals surface area contributed by atoms with Crippen molar-refractivity contribution in [2.24, 2.45) is 0 Å². The van der Waals surface area contributed by atoms with Gasteiger partial charge in [0.25, 0.3) is 0 Å². The second-order valence-electron chi connectivity index (χ2n) is 1.67. The van der Waals surface area contributed by atoms with Crippen LogP contribution in [0, 0.1) is 0 Å². The SMILES string of the molecule is O=C(O)Cc1sncc1Cl. The van der Waals surface area contributed by atoms with Crippen LogP contribution in [0.4, 0.5) is 0 Å². The molecule has 5 heteroatoms. The number of hydrogen-bond acceptors (Lipinski definition) is 3. The van der Waals surface area contributed by atoms with E-state index in [1.165, 1.54) is 6.20 Å². The Balaban J connectivity index is 2.74. The zero-order chi connectivity index (χ0) is 7.56. The number of rotatable bonds is 2. The molecule has 0 aromatic carbocycles. The number of aliphatic carboxylic acids is 1. The fraction of sp³-hybridized carbons (Fsp3) is 0.200. The predicted molar refractivity (Wildman–Crippen MR) is 38.5 cm³/mol. The molecule has 0 spiro atoms. The lowest BCUT2D eigenvalue weighted by Crippen LogP contribution is -1.97. The molecule has 0 unspecified atom stereocenters. The van der Waals surface area contributed by atoms with Gasteiger partial charge in [-0.15, -0.1) is 0 Å². The van der Waals surface area contributed by atoms with Crippen LogP contribution in [-0.2, 0) is 11.2 Å². The summed E-state index contributed by atoms with van der Waals surface area (Å²) in [5.41, 5.74) is 0. The molecule has 10 heavy (non-hydrogen) atoms. The van der Waals surface area contributed by atoms with E-state index in [0.29, 0.717) is 9.90 Å². The van der Waals surface area contributed by atoms with Crippen LogP contribution in [0.2, 0.25) is 5.02 Å². The van der Waals surface area contributed by atoms with Crippen LogP contribution in [0.1, 0.15) is 4.88 Å². The van der Waals surface area contributed by atoms with Crippen LogP contribution in [0.25, 0.3) is 0 Å². The van der Waals surface area contributed by atoms with Gasteiger partial charge in [0.05, 0.1) is 22.5 Å². The molecule has 1 aromatic heterocycles. The molecule has 0 atom stereocenters. The molecule has 0 amide bonds. The Morgan fingerprint density at radius 2 is 2.60 bits per heavy atom. The maximum absolute atomic E-state index is 10.1. The van der Waals surface area contributed by atoms with Gasteiger partial charge >= 0.3 is 5.97 Å².